The van der Waals surface area contributed by atoms with Crippen LogP contribution in [0.4, 0.5) is 0 Å². The van der Waals surface area contributed by atoms with Crippen LogP contribution in [-0.4, -0.2) is 15.7 Å². The van der Waals surface area contributed by atoms with E-state index in [1.807, 2.05) is 42.6 Å². The number of thiophene rings is 1. The van der Waals surface area contributed by atoms with Gasteiger partial charge in [-0.2, -0.15) is 5.10 Å². The fourth-order valence-electron chi connectivity index (χ4n) is 2.18. The van der Waals surface area contributed by atoms with E-state index in [0.717, 1.165) is 19.4 Å². The first-order valence-corrected chi connectivity index (χ1v) is 9.36. The van der Waals surface area contributed by atoms with Crippen molar-refractivity contribution in [3.63, 3.8) is 0 Å². The zero-order valence-corrected chi connectivity index (χ0v) is 16.1. The number of hydrogen-bond acceptors (Lipinski definition) is 5. The van der Waals surface area contributed by atoms with Gasteiger partial charge in [0.15, 0.2) is 5.69 Å². The van der Waals surface area contributed by atoms with Crippen LogP contribution in [0.2, 0.25) is 0 Å². The smallest absolute Gasteiger partial charge is 0.360 e. The van der Waals surface area contributed by atoms with Crippen LogP contribution in [0, 0.1) is 8.08 Å². The summed E-state index contributed by atoms with van der Waals surface area (Å²) in [6, 6.07) is 9.79. The van der Waals surface area contributed by atoms with Gasteiger partial charge in [0.25, 0.3) is 0 Å². The predicted molar refractivity (Wildman–Crippen MR) is 102 cm³/mol. The van der Waals surface area contributed by atoms with Gasteiger partial charge in [-0.15, -0.1) is 11.3 Å². The second-order valence-corrected chi connectivity index (χ2v) is 7.40. The number of esters is 1. The van der Waals surface area contributed by atoms with E-state index in [0.29, 0.717) is 11.1 Å². The zero-order valence-electron chi connectivity index (χ0n) is 12.3. The van der Waals surface area contributed by atoms with Crippen LogP contribution in [-0.2, 0) is 17.9 Å². The minimum Gasteiger partial charge on any atom is -0.456 e. The maximum absolute atomic E-state index is 12.4. The van der Waals surface area contributed by atoms with E-state index < -0.39 is 5.97 Å². The standard InChI is InChI=1S/C16H13IN2O2S2/c1-2-19-12-7-8-23-15(12)14(22)13(18-19)16(20)21-9-10-3-5-11(17)6-4-10/h3-8H,2,9H2,1H3. The fourth-order valence-corrected chi connectivity index (χ4v) is 3.74. The number of aromatic nitrogens is 2. The quantitative estimate of drug-likeness (QED) is 0.321. The third-order valence-corrected chi connectivity index (χ3v) is 5.51. The number of carbonyl (C=O) groups excluding carboxylic acids is 1. The second kappa shape index (κ2) is 7.06. The maximum Gasteiger partial charge on any atom is 0.360 e. The normalized spacial score (nSPS) is 10.9. The topological polar surface area (TPSA) is 44.1 Å². The van der Waals surface area contributed by atoms with Gasteiger partial charge in [-0.25, -0.2) is 4.79 Å². The van der Waals surface area contributed by atoms with Crippen molar-refractivity contribution in [2.45, 2.75) is 20.1 Å². The Morgan fingerprint density at radius 1 is 1.35 bits per heavy atom. The molecule has 0 saturated carbocycles. The molecule has 3 rings (SSSR count). The molecule has 0 atom stereocenters. The van der Waals surface area contributed by atoms with Gasteiger partial charge in [0, 0.05) is 10.1 Å². The molecule has 1 aromatic carbocycles. The van der Waals surface area contributed by atoms with Gasteiger partial charge in [0.05, 0.1) is 14.7 Å². The average Bonchev–Trinajstić information content (AvgIpc) is 3.05. The highest BCUT2D eigenvalue weighted by atomic mass is 127. The lowest BCUT2D eigenvalue weighted by Gasteiger charge is -2.09. The molecule has 0 fully saturated rings. The zero-order chi connectivity index (χ0) is 16.4. The van der Waals surface area contributed by atoms with Crippen LogP contribution in [0.5, 0.6) is 0 Å². The molecule has 0 bridgehead atoms. The summed E-state index contributed by atoms with van der Waals surface area (Å²) in [6.45, 7) is 2.86. The molecule has 3 aromatic rings. The molecule has 0 radical (unpaired) electrons. The molecule has 0 amide bonds. The first-order valence-electron chi connectivity index (χ1n) is 7.00. The van der Waals surface area contributed by atoms with Crippen LogP contribution in [0.3, 0.4) is 0 Å². The molecule has 0 aliphatic heterocycles. The van der Waals surface area contributed by atoms with E-state index in [2.05, 4.69) is 27.7 Å². The van der Waals surface area contributed by atoms with Crippen molar-refractivity contribution >= 4 is 62.3 Å². The van der Waals surface area contributed by atoms with Crippen molar-refractivity contribution in [2.24, 2.45) is 0 Å². The Morgan fingerprint density at radius 2 is 2.09 bits per heavy atom. The number of hydrogen-bond donors (Lipinski definition) is 0. The summed E-state index contributed by atoms with van der Waals surface area (Å²) in [5.74, 6) is -0.481. The first-order chi connectivity index (χ1) is 11.1. The van der Waals surface area contributed by atoms with Crippen molar-refractivity contribution in [3.05, 3.63) is 55.0 Å². The number of halogens is 1. The van der Waals surface area contributed by atoms with E-state index in [1.54, 1.807) is 4.68 Å². The molecule has 23 heavy (non-hydrogen) atoms. The maximum atomic E-state index is 12.4. The minimum absolute atomic E-state index is 0.209. The van der Waals surface area contributed by atoms with Crippen LogP contribution in [0.1, 0.15) is 23.0 Å². The molecule has 0 spiro atoms. The van der Waals surface area contributed by atoms with E-state index in [4.69, 9.17) is 17.0 Å². The van der Waals surface area contributed by atoms with Crippen molar-refractivity contribution < 1.29 is 9.53 Å². The van der Waals surface area contributed by atoms with Gasteiger partial charge in [0.2, 0.25) is 0 Å². The Morgan fingerprint density at radius 3 is 2.78 bits per heavy atom. The lowest BCUT2D eigenvalue weighted by Crippen LogP contribution is -2.13. The first kappa shape index (κ1) is 16.5. The van der Waals surface area contributed by atoms with E-state index in [1.165, 1.54) is 11.3 Å². The molecule has 0 aliphatic carbocycles. The number of fused-ring (bicyclic) bond motifs is 1. The molecular formula is C16H13IN2O2S2. The summed E-state index contributed by atoms with van der Waals surface area (Å²) in [6.07, 6.45) is 0. The lowest BCUT2D eigenvalue weighted by molar-refractivity contribution is 0.0462. The number of nitrogens with zero attached hydrogens (tertiary/aromatic N) is 2. The molecule has 0 unspecified atom stereocenters. The van der Waals surface area contributed by atoms with Gasteiger partial charge in [0.1, 0.15) is 6.61 Å². The summed E-state index contributed by atoms with van der Waals surface area (Å²) in [5, 5.41) is 6.31. The minimum atomic E-state index is -0.481. The Labute approximate surface area is 156 Å². The van der Waals surface area contributed by atoms with Gasteiger partial charge >= 0.3 is 5.97 Å². The van der Waals surface area contributed by atoms with Crippen LogP contribution >= 0.6 is 46.1 Å². The van der Waals surface area contributed by atoms with Gasteiger partial charge in [-0.1, -0.05) is 24.4 Å². The van der Waals surface area contributed by atoms with Crippen LogP contribution < -0.4 is 0 Å². The van der Waals surface area contributed by atoms with Crippen molar-refractivity contribution in [3.8, 4) is 0 Å². The van der Waals surface area contributed by atoms with Crippen LogP contribution in [0.25, 0.3) is 10.2 Å². The summed E-state index contributed by atoms with van der Waals surface area (Å²) < 4.78 is 9.67. The molecule has 7 heteroatoms. The summed E-state index contributed by atoms with van der Waals surface area (Å²) in [5.41, 5.74) is 2.10. The SMILES string of the molecule is CCn1nc(C(=O)OCc2ccc(I)cc2)c(=S)c2sccc21. The Balaban J connectivity index is 1.87. The molecule has 0 N–H and O–H groups in total. The highest BCUT2D eigenvalue weighted by Gasteiger charge is 2.16. The molecule has 2 heterocycles. The van der Waals surface area contributed by atoms with Gasteiger partial charge in [-0.05, 0) is 58.7 Å². The third-order valence-electron chi connectivity index (χ3n) is 3.34. The molecule has 0 saturated heterocycles. The molecule has 2 aromatic heterocycles. The highest BCUT2D eigenvalue weighted by molar-refractivity contribution is 14.1. The number of carbonyl (C=O) groups is 1. The monoisotopic (exact) mass is 456 g/mol. The Kier molecular flexibility index (Phi) is 5.08. The van der Waals surface area contributed by atoms with Gasteiger partial charge in [-0.3, -0.25) is 4.68 Å². The molecule has 4 nitrogen and oxygen atoms in total. The van der Waals surface area contributed by atoms with Crippen molar-refractivity contribution in [1.29, 1.82) is 0 Å². The number of benzene rings is 1. The Hall–Kier alpha value is -1.32. The third kappa shape index (κ3) is 3.46. The van der Waals surface area contributed by atoms with Crippen LogP contribution in [0.15, 0.2) is 35.7 Å². The second-order valence-electron chi connectivity index (χ2n) is 4.83. The van der Waals surface area contributed by atoms with E-state index >= 15 is 0 Å². The summed E-state index contributed by atoms with van der Waals surface area (Å²) in [7, 11) is 0. The fraction of sp³-hybridized carbons (Fsp3) is 0.188. The average molecular weight is 456 g/mol. The summed E-state index contributed by atoms with van der Waals surface area (Å²) in [4.78, 5) is 12.4. The van der Waals surface area contributed by atoms with Crippen molar-refractivity contribution in [2.75, 3.05) is 0 Å². The van der Waals surface area contributed by atoms with Gasteiger partial charge < -0.3 is 4.74 Å². The van der Waals surface area contributed by atoms with E-state index in [-0.39, 0.29) is 12.3 Å². The largest absolute Gasteiger partial charge is 0.456 e. The predicted octanol–water partition coefficient (Wildman–Crippen LogP) is 4.81. The Bertz CT molecular complexity index is 916. The van der Waals surface area contributed by atoms with E-state index in [9.17, 15) is 4.79 Å². The molecule has 0 aliphatic rings. The number of aryl methyl sites for hydroxylation is 1. The number of ether oxygens (including phenoxy) is 1. The summed E-state index contributed by atoms with van der Waals surface area (Å²) >= 11 is 9.16. The highest BCUT2D eigenvalue weighted by Crippen LogP contribution is 2.23. The van der Waals surface area contributed by atoms with Crippen molar-refractivity contribution in [1.82, 2.24) is 9.78 Å². The molecular weight excluding hydrogens is 443 g/mol. The number of rotatable bonds is 4. The molecule has 118 valence electrons. The lowest BCUT2D eigenvalue weighted by atomic mass is 10.2.